The summed E-state index contributed by atoms with van der Waals surface area (Å²) in [5.41, 5.74) is 0.345. The van der Waals surface area contributed by atoms with E-state index in [0.717, 1.165) is 0 Å². The van der Waals surface area contributed by atoms with Crippen LogP contribution < -0.4 is 10.1 Å². The van der Waals surface area contributed by atoms with Crippen molar-refractivity contribution in [2.45, 2.75) is 17.9 Å². The first-order chi connectivity index (χ1) is 11.4. The zero-order valence-electron chi connectivity index (χ0n) is 13.9. The lowest BCUT2D eigenvalue weighted by Gasteiger charge is -2.25. The third-order valence-corrected chi connectivity index (χ3v) is 5.50. The fourth-order valence-corrected chi connectivity index (χ4v) is 3.67. The number of methoxy groups -OCH3 is 2. The van der Waals surface area contributed by atoms with Crippen molar-refractivity contribution in [1.29, 1.82) is 0 Å². The van der Waals surface area contributed by atoms with Gasteiger partial charge in [-0.1, -0.05) is 0 Å². The van der Waals surface area contributed by atoms with Crippen molar-refractivity contribution < 1.29 is 27.4 Å². The highest BCUT2D eigenvalue weighted by atomic mass is 32.2. The van der Waals surface area contributed by atoms with Crippen LogP contribution in [0.1, 0.15) is 6.92 Å². The SMILES string of the molecule is COCCN(CCOC)S(=O)(=O)c1ccc2c(c1)NC(=O)[C@H](C)O2. The van der Waals surface area contributed by atoms with Crippen LogP contribution in [0.2, 0.25) is 0 Å². The smallest absolute Gasteiger partial charge is 0.265 e. The molecule has 1 aromatic rings. The third-order valence-electron chi connectivity index (χ3n) is 3.61. The van der Waals surface area contributed by atoms with E-state index in [0.29, 0.717) is 11.4 Å². The molecule has 0 bridgehead atoms. The Morgan fingerprint density at radius 1 is 1.21 bits per heavy atom. The average Bonchev–Trinajstić information content (AvgIpc) is 2.55. The maximum absolute atomic E-state index is 12.8. The number of sulfonamides is 1. The van der Waals surface area contributed by atoms with Crippen LogP contribution >= 0.6 is 0 Å². The van der Waals surface area contributed by atoms with Gasteiger partial charge in [-0.15, -0.1) is 0 Å². The zero-order valence-corrected chi connectivity index (χ0v) is 14.8. The van der Waals surface area contributed by atoms with Crippen LogP contribution in [-0.4, -0.2) is 65.3 Å². The standard InChI is InChI=1S/C15H22N2O6S/c1-11-15(18)16-13-10-12(4-5-14(13)23-11)24(19,20)17(6-8-21-2)7-9-22-3/h4-5,10-11H,6-9H2,1-3H3,(H,16,18)/t11-/m0/s1. The first-order valence-corrected chi connectivity index (χ1v) is 8.93. The summed E-state index contributed by atoms with van der Waals surface area (Å²) in [7, 11) is -0.728. The molecule has 0 radical (unpaired) electrons. The molecule has 0 fully saturated rings. The summed E-state index contributed by atoms with van der Waals surface area (Å²) in [6.07, 6.45) is -0.611. The minimum absolute atomic E-state index is 0.0758. The van der Waals surface area contributed by atoms with Gasteiger partial charge in [0.2, 0.25) is 10.0 Å². The van der Waals surface area contributed by atoms with E-state index in [4.69, 9.17) is 14.2 Å². The van der Waals surface area contributed by atoms with Gasteiger partial charge in [0, 0.05) is 27.3 Å². The van der Waals surface area contributed by atoms with Gasteiger partial charge in [0.05, 0.1) is 23.8 Å². The molecular formula is C15H22N2O6S. The van der Waals surface area contributed by atoms with Gasteiger partial charge in [-0.3, -0.25) is 4.79 Å². The number of ether oxygens (including phenoxy) is 3. The molecule has 24 heavy (non-hydrogen) atoms. The summed E-state index contributed by atoms with van der Waals surface area (Å²) in [6.45, 7) is 2.58. The lowest BCUT2D eigenvalue weighted by Crippen LogP contribution is -2.37. The number of benzene rings is 1. The molecule has 134 valence electrons. The average molecular weight is 358 g/mol. The summed E-state index contributed by atoms with van der Waals surface area (Å²) in [4.78, 5) is 11.8. The molecule has 1 aliphatic rings. The largest absolute Gasteiger partial charge is 0.479 e. The van der Waals surface area contributed by atoms with E-state index in [1.54, 1.807) is 13.0 Å². The predicted molar refractivity (Wildman–Crippen MR) is 87.7 cm³/mol. The number of anilines is 1. The number of hydrogen-bond acceptors (Lipinski definition) is 6. The topological polar surface area (TPSA) is 94.2 Å². The van der Waals surface area contributed by atoms with Gasteiger partial charge in [0.1, 0.15) is 5.75 Å². The van der Waals surface area contributed by atoms with Crippen molar-refractivity contribution in [3.8, 4) is 5.75 Å². The highest BCUT2D eigenvalue weighted by molar-refractivity contribution is 7.89. The van der Waals surface area contributed by atoms with E-state index in [9.17, 15) is 13.2 Å². The fraction of sp³-hybridized carbons (Fsp3) is 0.533. The quantitative estimate of drug-likeness (QED) is 0.735. The van der Waals surface area contributed by atoms with Gasteiger partial charge >= 0.3 is 0 Å². The number of nitrogens with zero attached hydrogens (tertiary/aromatic N) is 1. The Bertz CT molecular complexity index is 683. The lowest BCUT2D eigenvalue weighted by atomic mass is 10.2. The predicted octanol–water partition coefficient (Wildman–Crippen LogP) is 0.689. The number of carbonyl (C=O) groups is 1. The first kappa shape index (κ1) is 18.7. The molecule has 1 N–H and O–H groups in total. The monoisotopic (exact) mass is 358 g/mol. The zero-order chi connectivity index (χ0) is 17.7. The van der Waals surface area contributed by atoms with Gasteiger partial charge in [-0.05, 0) is 25.1 Å². The van der Waals surface area contributed by atoms with E-state index in [-0.39, 0.29) is 37.1 Å². The van der Waals surface area contributed by atoms with Crippen LogP contribution in [0.3, 0.4) is 0 Å². The lowest BCUT2D eigenvalue weighted by molar-refractivity contribution is -0.122. The van der Waals surface area contributed by atoms with Gasteiger partial charge in [-0.2, -0.15) is 4.31 Å². The van der Waals surface area contributed by atoms with Gasteiger partial charge in [0.25, 0.3) is 5.91 Å². The molecule has 0 aromatic heterocycles. The number of amides is 1. The van der Waals surface area contributed by atoms with E-state index in [1.807, 2.05) is 0 Å². The van der Waals surface area contributed by atoms with Crippen LogP contribution in [0, 0.1) is 0 Å². The minimum Gasteiger partial charge on any atom is -0.479 e. The summed E-state index contributed by atoms with van der Waals surface area (Å²) < 4.78 is 42.4. The molecule has 1 heterocycles. The van der Waals surface area contributed by atoms with Gasteiger partial charge in [-0.25, -0.2) is 8.42 Å². The molecule has 8 nitrogen and oxygen atoms in total. The number of hydrogen-bond donors (Lipinski definition) is 1. The van der Waals surface area contributed by atoms with Crippen LogP contribution in [0.15, 0.2) is 23.1 Å². The minimum atomic E-state index is -3.74. The molecule has 1 atom stereocenters. The second-order valence-corrected chi connectivity index (χ2v) is 7.23. The summed E-state index contributed by atoms with van der Waals surface area (Å²) >= 11 is 0. The fourth-order valence-electron chi connectivity index (χ4n) is 2.24. The Labute approximate surface area is 141 Å². The Morgan fingerprint density at radius 3 is 2.42 bits per heavy atom. The molecule has 1 amide bonds. The Kier molecular flexibility index (Phi) is 6.16. The molecule has 1 aliphatic heterocycles. The molecule has 9 heteroatoms. The van der Waals surface area contributed by atoms with E-state index < -0.39 is 16.1 Å². The Hall–Kier alpha value is -1.68. The Balaban J connectivity index is 2.30. The van der Waals surface area contributed by atoms with Crippen molar-refractivity contribution in [3.05, 3.63) is 18.2 Å². The second kappa shape index (κ2) is 7.93. The van der Waals surface area contributed by atoms with Crippen molar-refractivity contribution in [2.24, 2.45) is 0 Å². The molecule has 0 saturated heterocycles. The number of carbonyl (C=O) groups excluding carboxylic acids is 1. The molecule has 0 aliphatic carbocycles. The number of nitrogens with one attached hydrogen (secondary N) is 1. The highest BCUT2D eigenvalue weighted by Crippen LogP contribution is 2.32. The van der Waals surface area contributed by atoms with Crippen LogP contribution in [0.25, 0.3) is 0 Å². The summed E-state index contributed by atoms with van der Waals surface area (Å²) in [6, 6.07) is 4.41. The molecule has 1 aromatic carbocycles. The Morgan fingerprint density at radius 2 is 1.83 bits per heavy atom. The highest BCUT2D eigenvalue weighted by Gasteiger charge is 2.28. The van der Waals surface area contributed by atoms with Crippen LogP contribution in [-0.2, 0) is 24.3 Å². The van der Waals surface area contributed by atoms with Gasteiger partial charge in [0.15, 0.2) is 6.10 Å². The molecule has 0 unspecified atom stereocenters. The molecule has 2 rings (SSSR count). The van der Waals surface area contributed by atoms with E-state index in [2.05, 4.69) is 5.32 Å². The first-order valence-electron chi connectivity index (χ1n) is 7.49. The third kappa shape index (κ3) is 4.04. The van der Waals surface area contributed by atoms with E-state index in [1.165, 1.54) is 30.7 Å². The second-order valence-electron chi connectivity index (χ2n) is 5.30. The summed E-state index contributed by atoms with van der Waals surface area (Å²) in [5.74, 6) is 0.133. The molecule has 0 saturated carbocycles. The maximum Gasteiger partial charge on any atom is 0.265 e. The normalized spacial score (nSPS) is 17.3. The van der Waals surface area contributed by atoms with Crippen molar-refractivity contribution in [1.82, 2.24) is 4.31 Å². The van der Waals surface area contributed by atoms with Crippen molar-refractivity contribution in [2.75, 3.05) is 45.8 Å². The van der Waals surface area contributed by atoms with E-state index >= 15 is 0 Å². The summed E-state index contributed by atoms with van der Waals surface area (Å²) in [5, 5.41) is 2.65. The number of fused-ring (bicyclic) bond motifs is 1. The maximum atomic E-state index is 12.8. The molecular weight excluding hydrogens is 336 g/mol. The number of rotatable bonds is 8. The molecule has 0 spiro atoms. The van der Waals surface area contributed by atoms with Crippen LogP contribution in [0.5, 0.6) is 5.75 Å². The van der Waals surface area contributed by atoms with Crippen molar-refractivity contribution in [3.63, 3.8) is 0 Å². The van der Waals surface area contributed by atoms with Crippen LogP contribution in [0.4, 0.5) is 5.69 Å². The van der Waals surface area contributed by atoms with Crippen molar-refractivity contribution >= 4 is 21.6 Å². The van der Waals surface area contributed by atoms with Gasteiger partial charge < -0.3 is 19.5 Å².